The van der Waals surface area contributed by atoms with Gasteiger partial charge < -0.3 is 20.9 Å². The van der Waals surface area contributed by atoms with Gasteiger partial charge in [-0.3, -0.25) is 14.5 Å². The largest absolute Gasteiger partial charge is 0.465 e. The molecule has 1 aliphatic rings. The third-order valence-corrected chi connectivity index (χ3v) is 3.94. The first-order valence-corrected chi connectivity index (χ1v) is 7.57. The molecule has 2 rings (SSSR count). The number of anilines is 1. The van der Waals surface area contributed by atoms with Crippen LogP contribution in [-0.2, 0) is 14.3 Å². The van der Waals surface area contributed by atoms with Crippen LogP contribution in [0.3, 0.4) is 0 Å². The predicted molar refractivity (Wildman–Crippen MR) is 86.2 cm³/mol. The summed E-state index contributed by atoms with van der Waals surface area (Å²) in [6, 6.07) is 6.38. The maximum Gasteiger partial charge on any atom is 0.337 e. The van der Waals surface area contributed by atoms with E-state index >= 15 is 0 Å². The molecule has 0 aliphatic carbocycles. The smallest absolute Gasteiger partial charge is 0.337 e. The number of benzene rings is 1. The second-order valence-electron chi connectivity index (χ2n) is 5.83. The Labute approximate surface area is 139 Å². The van der Waals surface area contributed by atoms with Crippen molar-refractivity contribution >= 4 is 23.5 Å². The number of nitrogens with two attached hydrogens (primary N) is 1. The molecule has 4 N–H and O–H groups in total. The molecule has 0 bridgehead atoms. The minimum Gasteiger partial charge on any atom is -0.465 e. The molecular weight excluding hydrogens is 314 g/mol. The van der Waals surface area contributed by atoms with Gasteiger partial charge in [-0.15, -0.1) is 0 Å². The number of nitrogens with zero attached hydrogens (tertiary/aromatic N) is 1. The van der Waals surface area contributed by atoms with Gasteiger partial charge in [0.25, 0.3) is 5.91 Å². The molecular formula is C16H21N3O5. The highest BCUT2D eigenvalue weighted by Gasteiger charge is 2.38. The van der Waals surface area contributed by atoms with Crippen LogP contribution in [0.5, 0.6) is 0 Å². The SMILES string of the molecule is COC(=O)c1cccc(NC(=O)CN2CCCC(O)(C(N)=O)C2)c1. The van der Waals surface area contributed by atoms with Crippen molar-refractivity contribution in [1.29, 1.82) is 0 Å². The molecule has 1 aromatic rings. The lowest BCUT2D eigenvalue weighted by molar-refractivity contribution is -0.143. The molecule has 1 saturated heterocycles. The van der Waals surface area contributed by atoms with Gasteiger partial charge in [0.1, 0.15) is 0 Å². The van der Waals surface area contributed by atoms with Crippen LogP contribution in [0, 0.1) is 0 Å². The molecule has 1 aromatic carbocycles. The number of primary amides is 1. The number of likely N-dealkylation sites (tertiary alicyclic amines) is 1. The third-order valence-electron chi connectivity index (χ3n) is 3.94. The van der Waals surface area contributed by atoms with Gasteiger partial charge in [-0.05, 0) is 37.6 Å². The summed E-state index contributed by atoms with van der Waals surface area (Å²) in [6.07, 6.45) is 0.867. The van der Waals surface area contributed by atoms with Crippen molar-refractivity contribution in [1.82, 2.24) is 4.90 Å². The number of hydrogen-bond acceptors (Lipinski definition) is 6. The van der Waals surface area contributed by atoms with Crippen LogP contribution < -0.4 is 11.1 Å². The zero-order chi connectivity index (χ0) is 17.7. The predicted octanol–water partition coefficient (Wildman–Crippen LogP) is -0.276. The maximum atomic E-state index is 12.1. The molecule has 2 amide bonds. The van der Waals surface area contributed by atoms with E-state index in [1.54, 1.807) is 23.1 Å². The Bertz CT molecular complexity index is 648. The summed E-state index contributed by atoms with van der Waals surface area (Å²) in [6.45, 7) is 0.626. The Kier molecular flexibility index (Phi) is 5.53. The highest BCUT2D eigenvalue weighted by molar-refractivity contribution is 5.95. The standard InChI is InChI=1S/C16H21N3O5/c1-24-14(21)11-4-2-5-12(8-11)18-13(20)9-19-7-3-6-16(23,10-19)15(17)22/h2,4-5,8,23H,3,6-7,9-10H2,1H3,(H2,17,22)(H,18,20). The van der Waals surface area contributed by atoms with Crippen LogP contribution in [0.4, 0.5) is 5.69 Å². The Morgan fingerprint density at radius 1 is 1.42 bits per heavy atom. The fraction of sp³-hybridized carbons (Fsp3) is 0.438. The number of amides is 2. The fourth-order valence-electron chi connectivity index (χ4n) is 2.70. The van der Waals surface area contributed by atoms with Crippen LogP contribution in [0.1, 0.15) is 23.2 Å². The zero-order valence-corrected chi connectivity index (χ0v) is 13.4. The minimum absolute atomic E-state index is 0.0119. The van der Waals surface area contributed by atoms with Crippen LogP contribution in [0.25, 0.3) is 0 Å². The minimum atomic E-state index is -1.59. The average Bonchev–Trinajstić information content (AvgIpc) is 2.54. The van der Waals surface area contributed by atoms with E-state index in [1.165, 1.54) is 13.2 Å². The number of piperidine rings is 1. The van der Waals surface area contributed by atoms with E-state index in [2.05, 4.69) is 10.1 Å². The van der Waals surface area contributed by atoms with Crippen molar-refractivity contribution in [3.05, 3.63) is 29.8 Å². The van der Waals surface area contributed by atoms with E-state index in [-0.39, 0.29) is 19.0 Å². The fourth-order valence-corrected chi connectivity index (χ4v) is 2.70. The van der Waals surface area contributed by atoms with Crippen molar-refractivity contribution in [2.45, 2.75) is 18.4 Å². The molecule has 1 atom stereocenters. The van der Waals surface area contributed by atoms with E-state index in [0.717, 1.165) is 0 Å². The zero-order valence-electron chi connectivity index (χ0n) is 13.4. The second kappa shape index (κ2) is 7.41. The number of ether oxygens (including phenoxy) is 1. The van der Waals surface area contributed by atoms with E-state index in [0.29, 0.717) is 30.6 Å². The monoisotopic (exact) mass is 335 g/mol. The number of rotatable bonds is 5. The summed E-state index contributed by atoms with van der Waals surface area (Å²) in [7, 11) is 1.28. The molecule has 0 aromatic heterocycles. The van der Waals surface area contributed by atoms with Gasteiger partial charge in [-0.2, -0.15) is 0 Å². The van der Waals surface area contributed by atoms with Gasteiger partial charge in [0.05, 0.1) is 19.2 Å². The van der Waals surface area contributed by atoms with Crippen molar-refractivity contribution < 1.29 is 24.2 Å². The number of methoxy groups -OCH3 is 1. The van der Waals surface area contributed by atoms with Crippen LogP contribution >= 0.6 is 0 Å². The summed E-state index contributed by atoms with van der Waals surface area (Å²) in [5, 5.41) is 12.8. The lowest BCUT2D eigenvalue weighted by Crippen LogP contribution is -2.56. The maximum absolute atomic E-state index is 12.1. The van der Waals surface area contributed by atoms with Gasteiger partial charge in [-0.1, -0.05) is 6.07 Å². The molecule has 24 heavy (non-hydrogen) atoms. The number of β-amino-alcohol motifs (C(OH)–C–C–N with tert-alkyl or cyclic N) is 1. The number of carbonyl (C=O) groups is 3. The van der Waals surface area contributed by atoms with E-state index in [4.69, 9.17) is 5.73 Å². The molecule has 8 heteroatoms. The summed E-state index contributed by atoms with van der Waals surface area (Å²) in [4.78, 5) is 36.6. The van der Waals surface area contributed by atoms with Crippen molar-refractivity contribution in [3.8, 4) is 0 Å². The van der Waals surface area contributed by atoms with Gasteiger partial charge in [0.15, 0.2) is 5.60 Å². The molecule has 0 saturated carbocycles. The highest BCUT2D eigenvalue weighted by Crippen LogP contribution is 2.20. The lowest BCUT2D eigenvalue weighted by atomic mass is 9.92. The number of esters is 1. The van der Waals surface area contributed by atoms with Gasteiger partial charge in [0, 0.05) is 12.2 Å². The molecule has 0 spiro atoms. The third kappa shape index (κ3) is 4.30. The van der Waals surface area contributed by atoms with Crippen LogP contribution in [0.15, 0.2) is 24.3 Å². The van der Waals surface area contributed by atoms with E-state index in [9.17, 15) is 19.5 Å². The quantitative estimate of drug-likeness (QED) is 0.637. The molecule has 8 nitrogen and oxygen atoms in total. The summed E-state index contributed by atoms with van der Waals surface area (Å²) >= 11 is 0. The molecule has 1 heterocycles. The van der Waals surface area contributed by atoms with Crippen molar-refractivity contribution in [2.75, 3.05) is 32.1 Å². The molecule has 130 valence electrons. The summed E-state index contributed by atoms with van der Waals surface area (Å²) < 4.78 is 4.63. The number of carbonyl (C=O) groups excluding carboxylic acids is 3. The molecule has 1 unspecified atom stereocenters. The van der Waals surface area contributed by atoms with Crippen molar-refractivity contribution in [2.24, 2.45) is 5.73 Å². The number of aliphatic hydroxyl groups is 1. The first kappa shape index (κ1) is 17.9. The summed E-state index contributed by atoms with van der Waals surface area (Å²) in [5.74, 6) is -1.59. The highest BCUT2D eigenvalue weighted by atomic mass is 16.5. The second-order valence-corrected chi connectivity index (χ2v) is 5.83. The first-order valence-electron chi connectivity index (χ1n) is 7.57. The number of nitrogens with one attached hydrogen (secondary N) is 1. The van der Waals surface area contributed by atoms with Gasteiger partial charge in [-0.25, -0.2) is 4.79 Å². The normalized spacial score (nSPS) is 21.1. The number of hydrogen-bond donors (Lipinski definition) is 3. The first-order chi connectivity index (χ1) is 11.3. The molecule has 1 aliphatic heterocycles. The van der Waals surface area contributed by atoms with Gasteiger partial charge >= 0.3 is 5.97 Å². The Morgan fingerprint density at radius 3 is 2.83 bits per heavy atom. The van der Waals surface area contributed by atoms with E-state index < -0.39 is 17.5 Å². The average molecular weight is 335 g/mol. The Balaban J connectivity index is 1.96. The van der Waals surface area contributed by atoms with Crippen LogP contribution in [-0.4, -0.2) is 60.1 Å². The Morgan fingerprint density at radius 2 is 2.17 bits per heavy atom. The van der Waals surface area contributed by atoms with Crippen LogP contribution in [0.2, 0.25) is 0 Å². The molecule has 1 fully saturated rings. The topological polar surface area (TPSA) is 122 Å². The molecule has 0 radical (unpaired) electrons. The van der Waals surface area contributed by atoms with Gasteiger partial charge in [0.2, 0.25) is 5.91 Å². The summed E-state index contributed by atoms with van der Waals surface area (Å²) in [5.41, 5.74) is 4.42. The lowest BCUT2D eigenvalue weighted by Gasteiger charge is -2.36. The van der Waals surface area contributed by atoms with Crippen molar-refractivity contribution in [3.63, 3.8) is 0 Å². The Hall–Kier alpha value is -2.45. The van der Waals surface area contributed by atoms with E-state index in [1.807, 2.05) is 0 Å².